The van der Waals surface area contributed by atoms with E-state index in [1.54, 1.807) is 0 Å². The Bertz CT molecular complexity index is 806. The first kappa shape index (κ1) is 11.9. The Labute approximate surface area is 113 Å². The first-order valence-electron chi connectivity index (χ1n) is 5.81. The van der Waals surface area contributed by atoms with E-state index in [-0.39, 0.29) is 5.56 Å². The second kappa shape index (κ2) is 4.51. The molecule has 6 heteroatoms. The van der Waals surface area contributed by atoms with E-state index in [0.717, 1.165) is 11.3 Å². The normalized spacial score (nSPS) is 11.1. The summed E-state index contributed by atoms with van der Waals surface area (Å²) < 4.78 is 1.27. The van der Waals surface area contributed by atoms with Crippen molar-refractivity contribution in [1.82, 2.24) is 19.6 Å². The number of benzene rings is 1. The molecule has 2 heterocycles. The van der Waals surface area contributed by atoms with Gasteiger partial charge < -0.3 is 4.98 Å². The van der Waals surface area contributed by atoms with Crippen molar-refractivity contribution in [2.45, 2.75) is 13.3 Å². The molecule has 0 spiro atoms. The van der Waals surface area contributed by atoms with Crippen LogP contribution in [0.1, 0.15) is 16.8 Å². The highest BCUT2D eigenvalue weighted by atomic mass is 35.5. The van der Waals surface area contributed by atoms with Crippen LogP contribution in [0.15, 0.2) is 35.4 Å². The molecular weight excluding hydrogens is 264 g/mol. The van der Waals surface area contributed by atoms with Gasteiger partial charge in [0, 0.05) is 22.7 Å². The van der Waals surface area contributed by atoms with Crippen molar-refractivity contribution in [2.75, 3.05) is 0 Å². The number of fused-ring (bicyclic) bond motifs is 1. The fraction of sp³-hybridized carbons (Fsp3) is 0.154. The Balaban J connectivity index is 2.12. The fourth-order valence-corrected chi connectivity index (χ4v) is 2.28. The zero-order valence-electron chi connectivity index (χ0n) is 10.2. The predicted molar refractivity (Wildman–Crippen MR) is 72.6 cm³/mol. The summed E-state index contributed by atoms with van der Waals surface area (Å²) in [7, 11) is 0. The molecule has 0 aliphatic carbocycles. The number of hydrogen-bond donors (Lipinski definition) is 1. The number of aryl methyl sites for hydroxylation is 1. The summed E-state index contributed by atoms with van der Waals surface area (Å²) in [4.78, 5) is 19.4. The number of nitrogens with zero attached hydrogens (tertiary/aromatic N) is 3. The van der Waals surface area contributed by atoms with Gasteiger partial charge in [0.2, 0.25) is 5.78 Å². The number of hydrogen-bond acceptors (Lipinski definition) is 3. The lowest BCUT2D eigenvalue weighted by Crippen LogP contribution is -2.22. The van der Waals surface area contributed by atoms with Gasteiger partial charge in [-0.15, -0.1) is 0 Å². The average Bonchev–Trinajstić information content (AvgIpc) is 2.83. The van der Waals surface area contributed by atoms with E-state index in [9.17, 15) is 4.79 Å². The molecule has 0 unspecified atom stereocenters. The van der Waals surface area contributed by atoms with Crippen molar-refractivity contribution < 1.29 is 0 Å². The summed E-state index contributed by atoms with van der Waals surface area (Å²) in [6, 6.07) is 7.47. The number of aromatic amines is 1. The van der Waals surface area contributed by atoms with Crippen LogP contribution >= 0.6 is 11.6 Å². The molecule has 19 heavy (non-hydrogen) atoms. The number of H-pyrrole nitrogens is 1. The summed E-state index contributed by atoms with van der Waals surface area (Å²) >= 11 is 5.95. The molecule has 1 N–H and O–H groups in total. The monoisotopic (exact) mass is 274 g/mol. The van der Waals surface area contributed by atoms with Crippen molar-refractivity contribution in [2.24, 2.45) is 0 Å². The van der Waals surface area contributed by atoms with Crippen LogP contribution in [0.5, 0.6) is 0 Å². The van der Waals surface area contributed by atoms with Crippen molar-refractivity contribution in [3.63, 3.8) is 0 Å². The Morgan fingerprint density at radius 1 is 1.42 bits per heavy atom. The minimum Gasteiger partial charge on any atom is -0.328 e. The van der Waals surface area contributed by atoms with Crippen LogP contribution < -0.4 is 5.56 Å². The Kier molecular flexibility index (Phi) is 2.83. The highest BCUT2D eigenvalue weighted by molar-refractivity contribution is 6.30. The molecule has 0 radical (unpaired) electrons. The Morgan fingerprint density at radius 2 is 2.26 bits per heavy atom. The molecule has 3 aromatic rings. The first-order chi connectivity index (χ1) is 9.15. The second-order valence-electron chi connectivity index (χ2n) is 4.34. The fourth-order valence-electron chi connectivity index (χ4n) is 2.07. The molecule has 0 fully saturated rings. The van der Waals surface area contributed by atoms with Crippen LogP contribution in [0.25, 0.3) is 5.78 Å². The molecule has 3 rings (SSSR count). The zero-order chi connectivity index (χ0) is 13.4. The standard InChI is InChI=1S/C13H11ClN4O/c1-8-11(6-9-3-2-4-10(14)5-9)12(19)18-13(17-8)15-7-16-18/h2-5,7H,6H2,1H3,(H,15,16,17). The van der Waals surface area contributed by atoms with Crippen molar-refractivity contribution in [1.29, 1.82) is 0 Å². The van der Waals surface area contributed by atoms with E-state index in [1.165, 1.54) is 10.8 Å². The molecule has 2 aromatic heterocycles. The molecule has 0 aliphatic heterocycles. The lowest BCUT2D eigenvalue weighted by molar-refractivity contribution is 0.858. The minimum atomic E-state index is -0.149. The van der Waals surface area contributed by atoms with Gasteiger partial charge in [-0.25, -0.2) is 0 Å². The van der Waals surface area contributed by atoms with Crippen LogP contribution in [0.3, 0.4) is 0 Å². The van der Waals surface area contributed by atoms with Gasteiger partial charge in [-0.3, -0.25) is 4.79 Å². The number of rotatable bonds is 2. The van der Waals surface area contributed by atoms with E-state index in [0.29, 0.717) is 22.8 Å². The van der Waals surface area contributed by atoms with Gasteiger partial charge in [0.1, 0.15) is 6.33 Å². The summed E-state index contributed by atoms with van der Waals surface area (Å²) in [5.41, 5.74) is 2.30. The smallest absolute Gasteiger partial charge is 0.279 e. The van der Waals surface area contributed by atoms with E-state index in [1.807, 2.05) is 31.2 Å². The summed E-state index contributed by atoms with van der Waals surface area (Å²) in [5, 5.41) is 4.58. The zero-order valence-corrected chi connectivity index (χ0v) is 11.0. The third-order valence-corrected chi connectivity index (χ3v) is 3.26. The van der Waals surface area contributed by atoms with Gasteiger partial charge in [0.15, 0.2) is 0 Å². The third-order valence-electron chi connectivity index (χ3n) is 3.02. The van der Waals surface area contributed by atoms with Crippen LogP contribution in [0.2, 0.25) is 5.02 Å². The Hall–Kier alpha value is -2.14. The first-order valence-corrected chi connectivity index (χ1v) is 6.19. The number of nitrogens with one attached hydrogen (secondary N) is 1. The molecule has 96 valence electrons. The number of halogens is 1. The molecule has 0 bridgehead atoms. The average molecular weight is 275 g/mol. The van der Waals surface area contributed by atoms with Crippen LogP contribution in [-0.2, 0) is 6.42 Å². The Morgan fingerprint density at radius 3 is 3.05 bits per heavy atom. The molecule has 0 amide bonds. The third kappa shape index (κ3) is 2.13. The van der Waals surface area contributed by atoms with Crippen molar-refractivity contribution >= 4 is 17.4 Å². The lowest BCUT2D eigenvalue weighted by atomic mass is 10.1. The minimum absolute atomic E-state index is 0.149. The van der Waals surface area contributed by atoms with E-state index in [2.05, 4.69) is 15.1 Å². The van der Waals surface area contributed by atoms with Crippen LogP contribution in [0.4, 0.5) is 0 Å². The molecular formula is C13H11ClN4O. The van der Waals surface area contributed by atoms with E-state index in [4.69, 9.17) is 11.6 Å². The summed E-state index contributed by atoms with van der Waals surface area (Å²) in [6.45, 7) is 1.86. The summed E-state index contributed by atoms with van der Waals surface area (Å²) in [5.74, 6) is 0.456. The molecule has 1 aromatic carbocycles. The highest BCUT2D eigenvalue weighted by Gasteiger charge is 2.11. The van der Waals surface area contributed by atoms with E-state index < -0.39 is 0 Å². The highest BCUT2D eigenvalue weighted by Crippen LogP contribution is 2.14. The van der Waals surface area contributed by atoms with Gasteiger partial charge in [-0.05, 0) is 24.6 Å². The maximum atomic E-state index is 12.3. The molecule has 0 aliphatic rings. The maximum Gasteiger partial charge on any atom is 0.279 e. The molecule has 0 saturated heterocycles. The van der Waals surface area contributed by atoms with E-state index >= 15 is 0 Å². The molecule has 0 atom stereocenters. The predicted octanol–water partition coefficient (Wildman–Crippen LogP) is 1.97. The largest absolute Gasteiger partial charge is 0.328 e. The van der Waals surface area contributed by atoms with Crippen LogP contribution in [0, 0.1) is 6.92 Å². The van der Waals surface area contributed by atoms with Crippen molar-refractivity contribution in [3.8, 4) is 0 Å². The van der Waals surface area contributed by atoms with Gasteiger partial charge >= 0.3 is 0 Å². The van der Waals surface area contributed by atoms with Crippen molar-refractivity contribution in [3.05, 3.63) is 62.8 Å². The van der Waals surface area contributed by atoms with Gasteiger partial charge in [0.05, 0.1) is 0 Å². The SMILES string of the molecule is Cc1[nH]c2ncnn2c(=O)c1Cc1cccc(Cl)c1. The lowest BCUT2D eigenvalue weighted by Gasteiger charge is -2.06. The second-order valence-corrected chi connectivity index (χ2v) is 4.77. The molecule has 5 nitrogen and oxygen atoms in total. The molecule has 0 saturated carbocycles. The topological polar surface area (TPSA) is 63.1 Å². The maximum absolute atomic E-state index is 12.3. The quantitative estimate of drug-likeness (QED) is 0.777. The van der Waals surface area contributed by atoms with Gasteiger partial charge in [-0.2, -0.15) is 14.6 Å². The van der Waals surface area contributed by atoms with Gasteiger partial charge in [-0.1, -0.05) is 23.7 Å². The number of aromatic nitrogens is 4. The van der Waals surface area contributed by atoms with Gasteiger partial charge in [0.25, 0.3) is 5.56 Å². The van der Waals surface area contributed by atoms with Crippen LogP contribution in [-0.4, -0.2) is 19.6 Å². The summed E-state index contributed by atoms with van der Waals surface area (Å²) in [6.07, 6.45) is 1.87.